The van der Waals surface area contributed by atoms with Crippen LogP contribution in [0.25, 0.3) is 0 Å². The van der Waals surface area contributed by atoms with Gasteiger partial charge in [-0.25, -0.2) is 4.79 Å². The van der Waals surface area contributed by atoms with E-state index in [0.29, 0.717) is 28.3 Å². The maximum Gasteiger partial charge on any atom is 0.408 e. The number of nitrogens with one attached hydrogen (secondary N) is 2. The van der Waals surface area contributed by atoms with E-state index in [9.17, 15) is 19.5 Å². The SMILES string of the molecule is CCCCN(C(=O)C(CS)NC(=O)OC(C)(C)C)C(C(=O)Nc1c(C)cccc1Cl)c1ccc(O)c(C)c1. The number of aryl methyl sites for hydroxylation is 2. The quantitative estimate of drug-likeness (QED) is 0.273. The highest BCUT2D eigenvalue weighted by Crippen LogP contribution is 2.31. The summed E-state index contributed by atoms with van der Waals surface area (Å²) in [6.45, 7) is 10.9. The average molecular weight is 564 g/mol. The lowest BCUT2D eigenvalue weighted by atomic mass is 9.99. The molecule has 38 heavy (non-hydrogen) atoms. The standard InChI is InChI=1S/C28H38ClN3O5S/c1-7-8-14-32(26(35)21(16-38)30-27(36)37-28(4,5)6)24(19-12-13-22(33)18(3)15-19)25(34)31-23-17(2)10-9-11-20(23)29/h9-13,15,21,24,33,38H,7-8,14,16H2,1-6H3,(H,30,36)(H,31,34). The van der Waals surface area contributed by atoms with Crippen molar-refractivity contribution in [3.8, 4) is 5.75 Å². The van der Waals surface area contributed by atoms with Gasteiger partial charge in [0.15, 0.2) is 0 Å². The fraction of sp³-hybridized carbons (Fsp3) is 0.464. The van der Waals surface area contributed by atoms with Crippen molar-refractivity contribution >= 4 is 47.8 Å². The van der Waals surface area contributed by atoms with E-state index in [1.165, 1.54) is 11.0 Å². The number of para-hydroxylation sites is 1. The predicted octanol–water partition coefficient (Wildman–Crippen LogP) is 5.79. The van der Waals surface area contributed by atoms with Gasteiger partial charge < -0.3 is 25.4 Å². The topological polar surface area (TPSA) is 108 Å². The molecular weight excluding hydrogens is 526 g/mol. The Labute approximate surface area is 235 Å². The van der Waals surface area contributed by atoms with Crippen LogP contribution >= 0.6 is 24.2 Å². The van der Waals surface area contributed by atoms with Gasteiger partial charge in [-0.2, -0.15) is 12.6 Å². The summed E-state index contributed by atoms with van der Waals surface area (Å²) in [6, 6.07) is 7.92. The molecule has 0 radical (unpaired) electrons. The first-order valence-corrected chi connectivity index (χ1v) is 13.6. The number of hydrogen-bond acceptors (Lipinski definition) is 6. The summed E-state index contributed by atoms with van der Waals surface area (Å²) in [6.07, 6.45) is 0.624. The van der Waals surface area contributed by atoms with Crippen molar-refractivity contribution in [1.82, 2.24) is 10.2 Å². The monoisotopic (exact) mass is 563 g/mol. The number of nitrogens with zero attached hydrogens (tertiary/aromatic N) is 1. The number of carbonyl (C=O) groups excluding carboxylic acids is 3. The number of halogens is 1. The van der Waals surface area contributed by atoms with Crippen LogP contribution in [0, 0.1) is 13.8 Å². The molecule has 0 saturated carbocycles. The number of benzene rings is 2. The maximum absolute atomic E-state index is 13.9. The normalized spacial score (nSPS) is 12.8. The molecule has 10 heteroatoms. The summed E-state index contributed by atoms with van der Waals surface area (Å²) < 4.78 is 5.33. The Morgan fingerprint density at radius 3 is 2.37 bits per heavy atom. The highest BCUT2D eigenvalue weighted by atomic mass is 35.5. The van der Waals surface area contributed by atoms with Crippen molar-refractivity contribution in [3.05, 3.63) is 58.1 Å². The molecule has 2 aromatic rings. The first-order chi connectivity index (χ1) is 17.8. The molecule has 2 aromatic carbocycles. The first kappa shape index (κ1) is 31.3. The predicted molar refractivity (Wildman–Crippen MR) is 154 cm³/mol. The molecular formula is C28H38ClN3O5S. The molecule has 3 amide bonds. The number of aromatic hydroxyl groups is 1. The molecule has 0 aliphatic heterocycles. The second-order valence-electron chi connectivity index (χ2n) is 10.1. The number of carbonyl (C=O) groups is 3. The minimum absolute atomic E-state index is 0.00668. The zero-order valence-corrected chi connectivity index (χ0v) is 24.5. The van der Waals surface area contributed by atoms with Gasteiger partial charge in [0.25, 0.3) is 5.91 Å². The summed E-state index contributed by atoms with van der Waals surface area (Å²) in [5.41, 5.74) is 1.50. The van der Waals surface area contributed by atoms with Crippen molar-refractivity contribution in [1.29, 1.82) is 0 Å². The zero-order valence-electron chi connectivity index (χ0n) is 22.8. The Morgan fingerprint density at radius 2 is 1.82 bits per heavy atom. The van der Waals surface area contributed by atoms with Gasteiger partial charge >= 0.3 is 6.09 Å². The van der Waals surface area contributed by atoms with E-state index in [0.717, 1.165) is 12.0 Å². The Kier molecular flexibility index (Phi) is 11.3. The number of rotatable bonds is 10. The van der Waals surface area contributed by atoms with Crippen LogP contribution in [-0.2, 0) is 14.3 Å². The molecule has 208 valence electrons. The van der Waals surface area contributed by atoms with Crippen molar-refractivity contribution in [2.24, 2.45) is 0 Å². The Hall–Kier alpha value is -2.91. The van der Waals surface area contributed by atoms with E-state index >= 15 is 0 Å². The third-order valence-corrected chi connectivity index (χ3v) is 6.45. The molecule has 0 saturated heterocycles. The number of ether oxygens (including phenoxy) is 1. The van der Waals surface area contributed by atoms with Crippen LogP contribution in [0.4, 0.5) is 10.5 Å². The fourth-order valence-corrected chi connectivity index (χ4v) is 4.35. The Balaban J connectivity index is 2.55. The van der Waals surface area contributed by atoms with Crippen LogP contribution in [0.5, 0.6) is 5.75 Å². The lowest BCUT2D eigenvalue weighted by molar-refractivity contribution is -0.140. The molecule has 2 unspecified atom stereocenters. The summed E-state index contributed by atoms with van der Waals surface area (Å²) >= 11 is 10.7. The highest BCUT2D eigenvalue weighted by Gasteiger charge is 2.36. The number of amides is 3. The van der Waals surface area contributed by atoms with Crippen LogP contribution < -0.4 is 10.6 Å². The van der Waals surface area contributed by atoms with Crippen LogP contribution in [0.1, 0.15) is 63.3 Å². The number of unbranched alkanes of at least 4 members (excludes halogenated alkanes) is 1. The minimum Gasteiger partial charge on any atom is -0.508 e. The van der Waals surface area contributed by atoms with E-state index in [2.05, 4.69) is 23.3 Å². The van der Waals surface area contributed by atoms with Crippen molar-refractivity contribution < 1.29 is 24.2 Å². The molecule has 0 spiro atoms. The lowest BCUT2D eigenvalue weighted by Crippen LogP contribution is -2.53. The Bertz CT molecular complexity index is 1130. The zero-order chi connectivity index (χ0) is 28.6. The van der Waals surface area contributed by atoms with E-state index in [4.69, 9.17) is 16.3 Å². The molecule has 2 atom stereocenters. The van der Waals surface area contributed by atoms with Gasteiger partial charge in [-0.1, -0.05) is 43.1 Å². The second-order valence-corrected chi connectivity index (χ2v) is 10.9. The molecule has 2 rings (SSSR count). The number of thiol groups is 1. The van der Waals surface area contributed by atoms with Crippen molar-refractivity contribution in [2.45, 2.75) is 72.1 Å². The Morgan fingerprint density at radius 1 is 1.13 bits per heavy atom. The van der Waals surface area contributed by atoms with E-state index < -0.39 is 35.6 Å². The van der Waals surface area contributed by atoms with Crippen molar-refractivity contribution in [2.75, 3.05) is 17.6 Å². The van der Waals surface area contributed by atoms with Gasteiger partial charge in [0.05, 0.1) is 10.7 Å². The van der Waals surface area contributed by atoms with Gasteiger partial charge in [-0.15, -0.1) is 0 Å². The van der Waals surface area contributed by atoms with Crippen LogP contribution in [0.2, 0.25) is 5.02 Å². The molecule has 0 heterocycles. The average Bonchev–Trinajstić information content (AvgIpc) is 2.83. The van der Waals surface area contributed by atoms with Crippen LogP contribution in [0.15, 0.2) is 36.4 Å². The number of anilines is 1. The third-order valence-electron chi connectivity index (χ3n) is 5.77. The van der Waals surface area contributed by atoms with Gasteiger partial charge in [-0.05, 0) is 75.9 Å². The van der Waals surface area contributed by atoms with Gasteiger partial charge in [0, 0.05) is 12.3 Å². The molecule has 0 aliphatic rings. The fourth-order valence-electron chi connectivity index (χ4n) is 3.83. The molecule has 0 aliphatic carbocycles. The number of phenols is 1. The first-order valence-electron chi connectivity index (χ1n) is 12.5. The third kappa shape index (κ3) is 8.56. The molecule has 0 fully saturated rings. The van der Waals surface area contributed by atoms with Gasteiger partial charge in [0.2, 0.25) is 5.91 Å². The van der Waals surface area contributed by atoms with Gasteiger partial charge in [0.1, 0.15) is 23.4 Å². The number of phenolic OH excluding ortho intramolecular Hbond substituents is 1. The van der Waals surface area contributed by atoms with Gasteiger partial charge in [-0.3, -0.25) is 9.59 Å². The number of alkyl carbamates (subject to hydrolysis) is 1. The van der Waals surface area contributed by atoms with Crippen LogP contribution in [0.3, 0.4) is 0 Å². The maximum atomic E-state index is 13.9. The van der Waals surface area contributed by atoms with E-state index in [1.807, 2.05) is 19.9 Å². The highest BCUT2D eigenvalue weighted by molar-refractivity contribution is 7.80. The smallest absolute Gasteiger partial charge is 0.408 e. The number of hydrogen-bond donors (Lipinski definition) is 4. The molecule has 0 aromatic heterocycles. The summed E-state index contributed by atoms with van der Waals surface area (Å²) in [4.78, 5) is 41.7. The summed E-state index contributed by atoms with van der Waals surface area (Å²) in [5, 5.41) is 16.0. The largest absolute Gasteiger partial charge is 0.508 e. The molecule has 0 bridgehead atoms. The second kappa shape index (κ2) is 13.8. The lowest BCUT2D eigenvalue weighted by Gasteiger charge is -2.34. The summed E-state index contributed by atoms with van der Waals surface area (Å²) in [5.74, 6) is -0.902. The van der Waals surface area contributed by atoms with E-state index in [1.54, 1.807) is 52.0 Å². The molecule has 3 N–H and O–H groups in total. The molecule has 8 nitrogen and oxygen atoms in total. The van der Waals surface area contributed by atoms with Crippen molar-refractivity contribution in [3.63, 3.8) is 0 Å². The minimum atomic E-state index is -1.08. The summed E-state index contributed by atoms with van der Waals surface area (Å²) in [7, 11) is 0. The van der Waals surface area contributed by atoms with Crippen LogP contribution in [-0.4, -0.2) is 51.9 Å². The van der Waals surface area contributed by atoms with E-state index in [-0.39, 0.29) is 18.0 Å².